The number of halogens is 1. The lowest BCUT2D eigenvalue weighted by Crippen LogP contribution is -2.40. The molecule has 0 fully saturated rings. The van der Waals surface area contributed by atoms with E-state index < -0.39 is 5.54 Å². The van der Waals surface area contributed by atoms with Crippen LogP contribution in [0.2, 0.25) is 0 Å². The van der Waals surface area contributed by atoms with Gasteiger partial charge in [-0.2, -0.15) is 0 Å². The van der Waals surface area contributed by atoms with Gasteiger partial charge in [0.05, 0.1) is 0 Å². The van der Waals surface area contributed by atoms with E-state index in [0.29, 0.717) is 6.42 Å². The van der Waals surface area contributed by atoms with Gasteiger partial charge in [0, 0.05) is 17.9 Å². The number of benzene rings is 1. The van der Waals surface area contributed by atoms with Crippen molar-refractivity contribution >= 4 is 0 Å². The molecule has 0 saturated heterocycles. The summed E-state index contributed by atoms with van der Waals surface area (Å²) in [6.45, 7) is 1.98. The van der Waals surface area contributed by atoms with E-state index in [4.69, 9.17) is 5.73 Å². The van der Waals surface area contributed by atoms with E-state index in [0.717, 1.165) is 17.5 Å². The second-order valence-electron chi connectivity index (χ2n) is 4.99. The molecule has 0 bridgehead atoms. The van der Waals surface area contributed by atoms with Gasteiger partial charge in [0.15, 0.2) is 0 Å². The van der Waals surface area contributed by atoms with Crippen molar-refractivity contribution < 1.29 is 4.39 Å². The van der Waals surface area contributed by atoms with Gasteiger partial charge in [-0.15, -0.1) is 0 Å². The highest BCUT2D eigenvalue weighted by molar-refractivity contribution is 5.21. The van der Waals surface area contributed by atoms with Gasteiger partial charge in [0.1, 0.15) is 5.82 Å². The Bertz CT molecular complexity index is 509. The molecule has 2 nitrogen and oxygen atoms in total. The molecule has 0 aliphatic carbocycles. The molecule has 2 aromatic rings. The van der Waals surface area contributed by atoms with Gasteiger partial charge in [-0.1, -0.05) is 12.1 Å². The molecule has 1 heterocycles. The first-order valence-electron chi connectivity index (χ1n) is 5.97. The third-order valence-corrected chi connectivity index (χ3v) is 2.85. The Morgan fingerprint density at radius 2 is 1.78 bits per heavy atom. The highest BCUT2D eigenvalue weighted by Crippen LogP contribution is 2.16. The molecule has 2 rings (SSSR count). The SMILES string of the molecule is CC(N)(Cc1ccncc1)Cc1cccc(F)c1. The molecule has 0 aliphatic heterocycles. The zero-order chi connectivity index (χ0) is 13.0. The molecular weight excluding hydrogens is 227 g/mol. The van der Waals surface area contributed by atoms with Crippen LogP contribution in [0.25, 0.3) is 0 Å². The number of aromatic nitrogens is 1. The molecule has 3 heteroatoms. The molecule has 1 atom stereocenters. The Kier molecular flexibility index (Phi) is 3.72. The maximum atomic E-state index is 13.1. The summed E-state index contributed by atoms with van der Waals surface area (Å²) in [4.78, 5) is 3.98. The number of hydrogen-bond donors (Lipinski definition) is 1. The van der Waals surface area contributed by atoms with E-state index in [1.807, 2.05) is 25.1 Å². The molecule has 0 aliphatic rings. The van der Waals surface area contributed by atoms with Crippen LogP contribution >= 0.6 is 0 Å². The Morgan fingerprint density at radius 3 is 2.44 bits per heavy atom. The third kappa shape index (κ3) is 3.64. The molecule has 94 valence electrons. The molecule has 0 spiro atoms. The summed E-state index contributed by atoms with van der Waals surface area (Å²) < 4.78 is 13.1. The molecule has 2 N–H and O–H groups in total. The van der Waals surface area contributed by atoms with Crippen LogP contribution in [0.4, 0.5) is 4.39 Å². The molecule has 1 aromatic heterocycles. The van der Waals surface area contributed by atoms with Crippen molar-refractivity contribution in [2.24, 2.45) is 5.73 Å². The highest BCUT2D eigenvalue weighted by atomic mass is 19.1. The molecular formula is C15H17FN2. The van der Waals surface area contributed by atoms with Crippen LogP contribution in [0.5, 0.6) is 0 Å². The topological polar surface area (TPSA) is 38.9 Å². The minimum absolute atomic E-state index is 0.216. The van der Waals surface area contributed by atoms with Crippen LogP contribution in [0.3, 0.4) is 0 Å². The van der Waals surface area contributed by atoms with E-state index in [1.54, 1.807) is 18.5 Å². The first-order chi connectivity index (χ1) is 8.55. The summed E-state index contributed by atoms with van der Waals surface area (Å²) in [6, 6.07) is 10.5. The summed E-state index contributed by atoms with van der Waals surface area (Å²) in [7, 11) is 0. The van der Waals surface area contributed by atoms with Crippen LogP contribution in [0.1, 0.15) is 18.1 Å². The fraction of sp³-hybridized carbons (Fsp3) is 0.267. The Hall–Kier alpha value is -1.74. The van der Waals surface area contributed by atoms with E-state index in [1.165, 1.54) is 12.1 Å². The quantitative estimate of drug-likeness (QED) is 0.898. The van der Waals surface area contributed by atoms with Gasteiger partial charge in [0.25, 0.3) is 0 Å². The monoisotopic (exact) mass is 244 g/mol. The average molecular weight is 244 g/mol. The molecule has 0 radical (unpaired) electrons. The standard InChI is InChI=1S/C15H17FN2/c1-15(17,10-12-5-7-18-8-6-12)11-13-3-2-4-14(16)9-13/h2-9H,10-11,17H2,1H3. The highest BCUT2D eigenvalue weighted by Gasteiger charge is 2.19. The second-order valence-corrected chi connectivity index (χ2v) is 4.99. The van der Waals surface area contributed by atoms with Crippen LogP contribution in [0, 0.1) is 5.82 Å². The number of hydrogen-bond acceptors (Lipinski definition) is 2. The number of pyridine rings is 1. The summed E-state index contributed by atoms with van der Waals surface area (Å²) >= 11 is 0. The van der Waals surface area contributed by atoms with Gasteiger partial charge in [-0.05, 0) is 55.2 Å². The Morgan fingerprint density at radius 1 is 1.11 bits per heavy atom. The van der Waals surface area contributed by atoms with E-state index in [9.17, 15) is 4.39 Å². The van der Waals surface area contributed by atoms with Crippen LogP contribution < -0.4 is 5.73 Å². The van der Waals surface area contributed by atoms with Gasteiger partial charge in [-0.3, -0.25) is 4.98 Å². The summed E-state index contributed by atoms with van der Waals surface area (Å²) in [5, 5.41) is 0. The van der Waals surface area contributed by atoms with Crippen molar-refractivity contribution in [2.45, 2.75) is 25.3 Å². The summed E-state index contributed by atoms with van der Waals surface area (Å²) in [6.07, 6.45) is 4.90. The Labute approximate surface area is 107 Å². The first-order valence-corrected chi connectivity index (χ1v) is 5.97. The van der Waals surface area contributed by atoms with E-state index in [-0.39, 0.29) is 5.82 Å². The number of nitrogens with two attached hydrogens (primary N) is 1. The predicted molar refractivity (Wildman–Crippen MR) is 70.6 cm³/mol. The van der Waals surface area contributed by atoms with Crippen molar-refractivity contribution in [3.05, 3.63) is 65.7 Å². The fourth-order valence-corrected chi connectivity index (χ4v) is 2.14. The molecule has 1 aromatic carbocycles. The van der Waals surface area contributed by atoms with Crippen LogP contribution in [0.15, 0.2) is 48.8 Å². The maximum Gasteiger partial charge on any atom is 0.123 e. The lowest BCUT2D eigenvalue weighted by atomic mass is 9.88. The smallest absolute Gasteiger partial charge is 0.123 e. The average Bonchev–Trinajstić information content (AvgIpc) is 2.28. The predicted octanol–water partition coefficient (Wildman–Crippen LogP) is 2.72. The van der Waals surface area contributed by atoms with E-state index in [2.05, 4.69) is 4.98 Å². The van der Waals surface area contributed by atoms with Gasteiger partial charge >= 0.3 is 0 Å². The normalized spacial score (nSPS) is 14.2. The van der Waals surface area contributed by atoms with Crippen molar-refractivity contribution in [1.82, 2.24) is 4.98 Å². The minimum atomic E-state index is -0.394. The van der Waals surface area contributed by atoms with Crippen molar-refractivity contribution in [2.75, 3.05) is 0 Å². The second kappa shape index (κ2) is 5.27. The van der Waals surface area contributed by atoms with Gasteiger partial charge < -0.3 is 5.73 Å². The Balaban J connectivity index is 2.07. The van der Waals surface area contributed by atoms with Crippen molar-refractivity contribution in [3.63, 3.8) is 0 Å². The lowest BCUT2D eigenvalue weighted by molar-refractivity contribution is 0.461. The molecule has 1 unspecified atom stereocenters. The molecule has 0 amide bonds. The van der Waals surface area contributed by atoms with E-state index >= 15 is 0 Å². The fourth-order valence-electron chi connectivity index (χ4n) is 2.14. The maximum absolute atomic E-state index is 13.1. The minimum Gasteiger partial charge on any atom is -0.325 e. The summed E-state index contributed by atoms with van der Waals surface area (Å²) in [5.74, 6) is -0.216. The largest absolute Gasteiger partial charge is 0.325 e. The number of nitrogens with zero attached hydrogens (tertiary/aromatic N) is 1. The zero-order valence-corrected chi connectivity index (χ0v) is 10.4. The molecule has 18 heavy (non-hydrogen) atoms. The van der Waals surface area contributed by atoms with Crippen molar-refractivity contribution in [3.8, 4) is 0 Å². The number of rotatable bonds is 4. The van der Waals surface area contributed by atoms with Crippen LogP contribution in [-0.2, 0) is 12.8 Å². The van der Waals surface area contributed by atoms with Crippen molar-refractivity contribution in [1.29, 1.82) is 0 Å². The third-order valence-electron chi connectivity index (χ3n) is 2.85. The molecule has 0 saturated carbocycles. The summed E-state index contributed by atoms with van der Waals surface area (Å²) in [5.41, 5.74) is 7.96. The van der Waals surface area contributed by atoms with Gasteiger partial charge in [-0.25, -0.2) is 4.39 Å². The van der Waals surface area contributed by atoms with Gasteiger partial charge in [0.2, 0.25) is 0 Å². The lowest BCUT2D eigenvalue weighted by Gasteiger charge is -2.25. The first kappa shape index (κ1) is 12.7. The zero-order valence-electron chi connectivity index (χ0n) is 10.4. The van der Waals surface area contributed by atoms with Crippen LogP contribution in [-0.4, -0.2) is 10.5 Å².